The summed E-state index contributed by atoms with van der Waals surface area (Å²) in [5.41, 5.74) is 5.05. The molecule has 1 fully saturated rings. The van der Waals surface area contributed by atoms with Gasteiger partial charge in [0.15, 0.2) is 0 Å². The van der Waals surface area contributed by atoms with Gasteiger partial charge in [0.05, 0.1) is 12.2 Å². The summed E-state index contributed by atoms with van der Waals surface area (Å²) in [4.78, 5) is 29.1. The molecule has 1 aliphatic rings. The highest BCUT2D eigenvalue weighted by Gasteiger charge is 2.21. The summed E-state index contributed by atoms with van der Waals surface area (Å²) in [6.45, 7) is 11.9. The van der Waals surface area contributed by atoms with Gasteiger partial charge in [-0.05, 0) is 92.9 Å². The second-order valence-electron chi connectivity index (χ2n) is 10.5. The lowest BCUT2D eigenvalue weighted by Gasteiger charge is -2.36. The van der Waals surface area contributed by atoms with E-state index < -0.39 is 11.7 Å². The van der Waals surface area contributed by atoms with E-state index in [0.29, 0.717) is 22.9 Å². The third-order valence-electron chi connectivity index (χ3n) is 6.42. The summed E-state index contributed by atoms with van der Waals surface area (Å²) in [5, 5.41) is 3.56. The summed E-state index contributed by atoms with van der Waals surface area (Å²) in [6.07, 6.45) is -0.477. The van der Waals surface area contributed by atoms with Crippen molar-refractivity contribution in [3.8, 4) is 11.1 Å². The van der Waals surface area contributed by atoms with Crippen LogP contribution in [0.4, 0.5) is 16.2 Å². The van der Waals surface area contributed by atoms with Gasteiger partial charge in [0.2, 0.25) is 0 Å². The Morgan fingerprint density at radius 2 is 1.59 bits per heavy atom. The number of carbonyl (C=O) groups is 2. The number of nitrogens with zero attached hydrogens (tertiary/aromatic N) is 2. The van der Waals surface area contributed by atoms with E-state index in [2.05, 4.69) is 15.1 Å². The highest BCUT2D eigenvalue weighted by atomic mass is 35.5. The molecule has 3 aromatic rings. The number of carbonyl (C=O) groups excluding carboxylic acids is 2. The standard InChI is InChI=1S/C31H36ClN3O4/c1-5-38-29(36)23-8-13-27(14-9-23)35-18-16-34(17-19-35)21-24-20-26(33-30(37)39-31(2,3)4)12-15-28(24)22-6-10-25(32)11-7-22/h6-15,20H,5,16-19,21H2,1-4H3,(H,33,37). The smallest absolute Gasteiger partial charge is 0.412 e. The maximum atomic E-state index is 12.4. The van der Waals surface area contributed by atoms with Crippen molar-refractivity contribution in [3.05, 3.63) is 82.9 Å². The zero-order chi connectivity index (χ0) is 28.0. The van der Waals surface area contributed by atoms with E-state index in [9.17, 15) is 9.59 Å². The van der Waals surface area contributed by atoms with Gasteiger partial charge in [-0.25, -0.2) is 9.59 Å². The fraction of sp³-hybridized carbons (Fsp3) is 0.355. The van der Waals surface area contributed by atoms with Gasteiger partial charge in [0.1, 0.15) is 5.60 Å². The molecule has 0 unspecified atom stereocenters. The second-order valence-corrected chi connectivity index (χ2v) is 11.0. The molecule has 1 amide bonds. The van der Waals surface area contributed by atoms with Gasteiger partial charge in [0.25, 0.3) is 0 Å². The van der Waals surface area contributed by atoms with E-state index in [4.69, 9.17) is 21.1 Å². The molecule has 0 bridgehead atoms. The highest BCUT2D eigenvalue weighted by molar-refractivity contribution is 6.30. The summed E-state index contributed by atoms with van der Waals surface area (Å²) in [5.74, 6) is -0.297. The molecule has 4 rings (SSSR count). The summed E-state index contributed by atoms with van der Waals surface area (Å²) < 4.78 is 10.5. The van der Waals surface area contributed by atoms with Crippen LogP contribution in [0.5, 0.6) is 0 Å². The quantitative estimate of drug-likeness (QED) is 0.325. The van der Waals surface area contributed by atoms with E-state index >= 15 is 0 Å². The van der Waals surface area contributed by atoms with Gasteiger partial charge in [-0.1, -0.05) is 29.8 Å². The van der Waals surface area contributed by atoms with Crippen LogP contribution in [0.25, 0.3) is 11.1 Å². The number of ether oxygens (including phenoxy) is 2. The van der Waals surface area contributed by atoms with Crippen molar-refractivity contribution in [2.24, 2.45) is 0 Å². The van der Waals surface area contributed by atoms with Crippen LogP contribution in [0.3, 0.4) is 0 Å². The normalized spacial score (nSPS) is 14.1. The molecular weight excluding hydrogens is 514 g/mol. The second kappa shape index (κ2) is 12.5. The Morgan fingerprint density at radius 3 is 2.21 bits per heavy atom. The fourth-order valence-corrected chi connectivity index (χ4v) is 4.69. The first-order chi connectivity index (χ1) is 18.6. The lowest BCUT2D eigenvalue weighted by Crippen LogP contribution is -2.46. The average molecular weight is 550 g/mol. The molecule has 0 aromatic heterocycles. The largest absolute Gasteiger partial charge is 0.462 e. The molecule has 1 N–H and O–H groups in total. The van der Waals surface area contributed by atoms with Gasteiger partial charge in [0, 0.05) is 49.1 Å². The fourth-order valence-electron chi connectivity index (χ4n) is 4.56. The molecule has 0 saturated carbocycles. The number of amides is 1. The van der Waals surface area contributed by atoms with Gasteiger partial charge < -0.3 is 14.4 Å². The number of anilines is 2. The predicted molar refractivity (Wildman–Crippen MR) is 157 cm³/mol. The Kier molecular flexibility index (Phi) is 9.15. The first kappa shape index (κ1) is 28.5. The molecule has 39 heavy (non-hydrogen) atoms. The van der Waals surface area contributed by atoms with Crippen molar-refractivity contribution in [2.45, 2.75) is 39.8 Å². The summed E-state index contributed by atoms with van der Waals surface area (Å²) in [7, 11) is 0. The van der Waals surface area contributed by atoms with Gasteiger partial charge >= 0.3 is 12.1 Å². The van der Waals surface area contributed by atoms with Crippen LogP contribution in [-0.4, -0.2) is 55.3 Å². The van der Waals surface area contributed by atoms with Crippen LogP contribution in [0.2, 0.25) is 5.02 Å². The zero-order valence-electron chi connectivity index (χ0n) is 23.0. The number of esters is 1. The van der Waals surface area contributed by atoms with Crippen molar-refractivity contribution < 1.29 is 19.1 Å². The highest BCUT2D eigenvalue weighted by Crippen LogP contribution is 2.30. The maximum absolute atomic E-state index is 12.4. The summed E-state index contributed by atoms with van der Waals surface area (Å²) >= 11 is 6.13. The van der Waals surface area contributed by atoms with E-state index in [1.54, 1.807) is 6.92 Å². The van der Waals surface area contributed by atoms with Crippen LogP contribution in [-0.2, 0) is 16.0 Å². The van der Waals surface area contributed by atoms with Crippen LogP contribution >= 0.6 is 11.6 Å². The molecule has 1 heterocycles. The minimum atomic E-state index is -0.574. The molecule has 7 nitrogen and oxygen atoms in total. The number of rotatable bonds is 7. The maximum Gasteiger partial charge on any atom is 0.412 e. The Hall–Kier alpha value is -3.55. The Bertz CT molecular complexity index is 1280. The number of nitrogens with one attached hydrogen (secondary N) is 1. The SMILES string of the molecule is CCOC(=O)c1ccc(N2CCN(Cc3cc(NC(=O)OC(C)(C)C)ccc3-c3ccc(Cl)cc3)CC2)cc1. The molecular formula is C31H36ClN3O4. The van der Waals surface area contributed by atoms with Crippen LogP contribution in [0.1, 0.15) is 43.6 Å². The molecule has 206 valence electrons. The lowest BCUT2D eigenvalue weighted by molar-refractivity contribution is 0.0525. The third kappa shape index (κ3) is 7.97. The molecule has 1 aliphatic heterocycles. The van der Waals surface area contributed by atoms with E-state index in [-0.39, 0.29) is 5.97 Å². The van der Waals surface area contributed by atoms with E-state index in [1.807, 2.05) is 87.5 Å². The topological polar surface area (TPSA) is 71.1 Å². The van der Waals surface area contributed by atoms with E-state index in [1.165, 1.54) is 0 Å². The van der Waals surface area contributed by atoms with Crippen molar-refractivity contribution in [2.75, 3.05) is 43.0 Å². The van der Waals surface area contributed by atoms with Crippen LogP contribution in [0, 0.1) is 0 Å². The number of halogens is 1. The minimum Gasteiger partial charge on any atom is -0.462 e. The average Bonchev–Trinajstić information content (AvgIpc) is 2.89. The third-order valence-corrected chi connectivity index (χ3v) is 6.67. The first-order valence-corrected chi connectivity index (χ1v) is 13.6. The first-order valence-electron chi connectivity index (χ1n) is 13.2. The minimum absolute atomic E-state index is 0.297. The van der Waals surface area contributed by atoms with Crippen LogP contribution in [0.15, 0.2) is 66.7 Å². The van der Waals surface area contributed by atoms with Gasteiger partial charge in [-0.15, -0.1) is 0 Å². The molecule has 0 spiro atoms. The Labute approximate surface area is 235 Å². The number of hydrogen-bond donors (Lipinski definition) is 1. The zero-order valence-corrected chi connectivity index (χ0v) is 23.8. The lowest BCUT2D eigenvalue weighted by atomic mass is 9.98. The molecule has 0 radical (unpaired) electrons. The molecule has 0 aliphatic carbocycles. The molecule has 8 heteroatoms. The number of hydrogen-bond acceptors (Lipinski definition) is 6. The van der Waals surface area contributed by atoms with Crippen LogP contribution < -0.4 is 10.2 Å². The van der Waals surface area contributed by atoms with E-state index in [0.717, 1.165) is 55.1 Å². The molecule has 1 saturated heterocycles. The number of piperazine rings is 1. The van der Waals surface area contributed by atoms with Gasteiger partial charge in [-0.2, -0.15) is 0 Å². The van der Waals surface area contributed by atoms with Crippen molar-refractivity contribution in [1.29, 1.82) is 0 Å². The predicted octanol–water partition coefficient (Wildman–Crippen LogP) is 6.85. The Morgan fingerprint density at radius 1 is 0.923 bits per heavy atom. The van der Waals surface area contributed by atoms with Gasteiger partial charge in [-0.3, -0.25) is 10.2 Å². The van der Waals surface area contributed by atoms with Crippen molar-refractivity contribution >= 4 is 35.0 Å². The molecule has 0 atom stereocenters. The monoisotopic (exact) mass is 549 g/mol. The van der Waals surface area contributed by atoms with Crippen molar-refractivity contribution in [1.82, 2.24) is 4.90 Å². The number of benzene rings is 3. The summed E-state index contributed by atoms with van der Waals surface area (Å²) in [6, 6.07) is 21.4. The Balaban J connectivity index is 1.46. The molecule has 3 aromatic carbocycles. The van der Waals surface area contributed by atoms with Crippen molar-refractivity contribution in [3.63, 3.8) is 0 Å².